The Morgan fingerprint density at radius 1 is 0.867 bits per heavy atom. The smallest absolute Gasteiger partial charge is 0.313 e. The minimum Gasteiger partial charge on any atom is -0.481 e. The van der Waals surface area contributed by atoms with Crippen LogP contribution in [0.3, 0.4) is 0 Å². The molecule has 0 saturated carbocycles. The fraction of sp³-hybridized carbons (Fsp3) is 0.625. The lowest BCUT2D eigenvalue weighted by molar-refractivity contribution is -0.137. The number of rotatable bonds is 3. The molecule has 0 bridgehead atoms. The van der Waals surface area contributed by atoms with E-state index in [1.807, 2.05) is 0 Å². The first-order chi connectivity index (χ1) is 6.81. The highest BCUT2D eigenvalue weighted by atomic mass is 32.1. The van der Waals surface area contributed by atoms with Gasteiger partial charge >= 0.3 is 17.9 Å². The molecule has 0 aliphatic rings. The summed E-state index contributed by atoms with van der Waals surface area (Å²) in [5.41, 5.74) is 0. The van der Waals surface area contributed by atoms with Crippen LogP contribution in [0.5, 0.6) is 0 Å². The average molecular weight is 240 g/mol. The Hall–Kier alpha value is -1.24. The Balaban J connectivity index is -0.000000144. The van der Waals surface area contributed by atoms with Gasteiger partial charge in [0.25, 0.3) is 0 Å². The third-order valence-corrected chi connectivity index (χ3v) is 1.01. The summed E-state index contributed by atoms with van der Waals surface area (Å²) in [4.78, 5) is 28.0. The van der Waals surface area contributed by atoms with Gasteiger partial charge in [-0.2, -0.15) is 12.6 Å². The van der Waals surface area contributed by atoms with Crippen molar-refractivity contribution in [3.63, 3.8) is 0 Å². The summed E-state index contributed by atoms with van der Waals surface area (Å²) < 4.78 is 0. The van der Waals surface area contributed by atoms with Crippen molar-refractivity contribution in [2.24, 2.45) is 0 Å². The van der Waals surface area contributed by atoms with E-state index >= 15 is 0 Å². The Labute approximate surface area is 93.3 Å². The zero-order chi connectivity index (χ0) is 12.9. The standard InChI is InChI=1S/2C3H6O2.C2H4O2S/c2*1-2-3(4)5;3-2(4)1-5/h2*2H2,1H3,(H,4,5);5H,1H2,(H,3,4). The normalized spacial score (nSPS) is 7.40. The van der Waals surface area contributed by atoms with Gasteiger partial charge in [-0.15, -0.1) is 0 Å². The molecular formula is C8H16O6S. The summed E-state index contributed by atoms with van der Waals surface area (Å²) in [6.45, 7) is 3.20. The molecule has 0 rings (SSSR count). The second-order valence-corrected chi connectivity index (χ2v) is 2.36. The zero-order valence-corrected chi connectivity index (χ0v) is 9.53. The zero-order valence-electron chi connectivity index (χ0n) is 8.63. The van der Waals surface area contributed by atoms with Gasteiger partial charge in [-0.05, 0) is 0 Å². The largest absolute Gasteiger partial charge is 0.481 e. The molecular weight excluding hydrogens is 224 g/mol. The molecule has 7 heteroatoms. The molecule has 0 spiro atoms. The Morgan fingerprint density at radius 3 is 1.00 bits per heavy atom. The van der Waals surface area contributed by atoms with Gasteiger partial charge in [0.15, 0.2) is 0 Å². The Morgan fingerprint density at radius 2 is 1.00 bits per heavy atom. The van der Waals surface area contributed by atoms with Gasteiger partial charge in [-0.3, -0.25) is 14.4 Å². The van der Waals surface area contributed by atoms with Gasteiger partial charge in [0.2, 0.25) is 0 Å². The van der Waals surface area contributed by atoms with E-state index in [4.69, 9.17) is 15.3 Å². The van der Waals surface area contributed by atoms with Crippen molar-refractivity contribution in [2.75, 3.05) is 5.75 Å². The maximum Gasteiger partial charge on any atom is 0.313 e. The van der Waals surface area contributed by atoms with Crippen molar-refractivity contribution in [1.82, 2.24) is 0 Å². The van der Waals surface area contributed by atoms with Crippen LogP contribution in [-0.4, -0.2) is 39.0 Å². The highest BCUT2D eigenvalue weighted by Crippen LogP contribution is 1.67. The highest BCUT2D eigenvalue weighted by Gasteiger charge is 1.82. The monoisotopic (exact) mass is 240 g/mol. The van der Waals surface area contributed by atoms with E-state index in [0.29, 0.717) is 0 Å². The maximum atomic E-state index is 9.37. The number of hydrogen-bond acceptors (Lipinski definition) is 4. The third kappa shape index (κ3) is 65.2. The van der Waals surface area contributed by atoms with Gasteiger partial charge < -0.3 is 15.3 Å². The quantitative estimate of drug-likeness (QED) is 0.547. The SMILES string of the molecule is CCC(=O)O.CCC(=O)O.O=C(O)CS. The fourth-order valence-corrected chi connectivity index (χ4v) is 0. The molecule has 3 N–H and O–H groups in total. The molecule has 90 valence electrons. The summed E-state index contributed by atoms with van der Waals surface area (Å²) in [5.74, 6) is -2.46. The number of carboxylic acids is 3. The second-order valence-electron chi connectivity index (χ2n) is 2.05. The van der Waals surface area contributed by atoms with Crippen LogP contribution in [0.15, 0.2) is 0 Å². The van der Waals surface area contributed by atoms with Crippen molar-refractivity contribution in [3.05, 3.63) is 0 Å². The summed E-state index contributed by atoms with van der Waals surface area (Å²) in [6.07, 6.45) is 0.444. The van der Waals surface area contributed by atoms with Crippen molar-refractivity contribution in [2.45, 2.75) is 26.7 Å². The van der Waals surface area contributed by atoms with Gasteiger partial charge in [0.05, 0.1) is 5.75 Å². The first-order valence-corrected chi connectivity index (χ1v) is 4.71. The third-order valence-electron chi connectivity index (χ3n) is 0.740. The predicted molar refractivity (Wildman–Crippen MR) is 57.3 cm³/mol. The van der Waals surface area contributed by atoms with Gasteiger partial charge in [-0.25, -0.2) is 0 Å². The fourth-order valence-electron chi connectivity index (χ4n) is 0. The van der Waals surface area contributed by atoms with Crippen molar-refractivity contribution >= 4 is 30.5 Å². The van der Waals surface area contributed by atoms with E-state index in [0.717, 1.165) is 0 Å². The van der Waals surface area contributed by atoms with Crippen LogP contribution in [0.4, 0.5) is 0 Å². The molecule has 0 aromatic rings. The first kappa shape index (κ1) is 19.4. The van der Waals surface area contributed by atoms with Crippen LogP contribution >= 0.6 is 12.6 Å². The molecule has 0 heterocycles. The van der Waals surface area contributed by atoms with Crippen LogP contribution in [-0.2, 0) is 14.4 Å². The van der Waals surface area contributed by atoms with Crippen molar-refractivity contribution < 1.29 is 29.7 Å². The van der Waals surface area contributed by atoms with Gasteiger partial charge in [0, 0.05) is 12.8 Å². The molecule has 0 aromatic heterocycles. The van der Waals surface area contributed by atoms with E-state index in [1.165, 1.54) is 0 Å². The number of hydrogen-bond donors (Lipinski definition) is 4. The van der Waals surface area contributed by atoms with E-state index in [2.05, 4.69) is 12.6 Å². The van der Waals surface area contributed by atoms with Crippen LogP contribution in [0.2, 0.25) is 0 Å². The predicted octanol–water partition coefficient (Wildman–Crippen LogP) is 0.963. The molecule has 0 fully saturated rings. The molecule has 0 aliphatic heterocycles. The van der Waals surface area contributed by atoms with Crippen molar-refractivity contribution in [3.8, 4) is 0 Å². The average Bonchev–Trinajstić information content (AvgIpc) is 2.19. The molecule has 0 saturated heterocycles. The van der Waals surface area contributed by atoms with Crippen LogP contribution in [0.1, 0.15) is 26.7 Å². The molecule has 0 atom stereocenters. The second kappa shape index (κ2) is 15.2. The molecule has 0 unspecified atom stereocenters. The highest BCUT2D eigenvalue weighted by molar-refractivity contribution is 7.81. The van der Waals surface area contributed by atoms with Crippen LogP contribution in [0, 0.1) is 0 Å². The molecule has 6 nitrogen and oxygen atoms in total. The molecule has 0 aliphatic carbocycles. The van der Waals surface area contributed by atoms with E-state index in [1.54, 1.807) is 13.8 Å². The van der Waals surface area contributed by atoms with Crippen molar-refractivity contribution in [1.29, 1.82) is 0 Å². The summed E-state index contributed by atoms with van der Waals surface area (Å²) >= 11 is 3.42. The van der Waals surface area contributed by atoms with E-state index in [9.17, 15) is 14.4 Å². The summed E-state index contributed by atoms with van der Waals surface area (Å²) in [6, 6.07) is 0. The van der Waals surface area contributed by atoms with Crippen LogP contribution < -0.4 is 0 Å². The summed E-state index contributed by atoms with van der Waals surface area (Å²) in [5, 5.41) is 23.1. The number of carbonyl (C=O) groups is 3. The number of thiol groups is 1. The number of aliphatic carboxylic acids is 3. The van der Waals surface area contributed by atoms with E-state index < -0.39 is 17.9 Å². The topological polar surface area (TPSA) is 112 Å². The lowest BCUT2D eigenvalue weighted by Crippen LogP contribution is -1.92. The summed E-state index contributed by atoms with van der Waals surface area (Å²) in [7, 11) is 0. The molecule has 0 aromatic carbocycles. The lowest BCUT2D eigenvalue weighted by atomic mass is 10.5. The maximum absolute atomic E-state index is 9.37. The molecule has 0 amide bonds. The molecule has 0 radical (unpaired) electrons. The Kier molecular flexibility index (Phi) is 19.7. The van der Waals surface area contributed by atoms with Gasteiger partial charge in [-0.1, -0.05) is 13.8 Å². The minimum atomic E-state index is -0.881. The molecule has 15 heavy (non-hydrogen) atoms. The number of carboxylic acid groups (broad SMARTS) is 3. The lowest BCUT2D eigenvalue weighted by Gasteiger charge is -1.71. The Bertz CT molecular complexity index is 158. The van der Waals surface area contributed by atoms with Gasteiger partial charge in [0.1, 0.15) is 0 Å². The first-order valence-electron chi connectivity index (χ1n) is 4.07. The minimum absolute atomic E-state index is 0.0833. The van der Waals surface area contributed by atoms with E-state index in [-0.39, 0.29) is 18.6 Å². The van der Waals surface area contributed by atoms with Crippen LogP contribution in [0.25, 0.3) is 0 Å².